The van der Waals surface area contributed by atoms with Crippen molar-refractivity contribution in [3.8, 4) is 0 Å². The first-order chi connectivity index (χ1) is 4.63. The van der Waals surface area contributed by atoms with Crippen LogP contribution in [0, 0.1) is 0 Å². The first-order valence-electron chi connectivity index (χ1n) is 3.44. The minimum absolute atomic E-state index is 0.0405. The van der Waals surface area contributed by atoms with Gasteiger partial charge in [0.1, 0.15) is 6.73 Å². The normalized spacial score (nSPS) is 38.4. The summed E-state index contributed by atoms with van der Waals surface area (Å²) in [7, 11) is 1.97. The van der Waals surface area contributed by atoms with E-state index in [1.807, 2.05) is 18.9 Å². The second-order valence-electron chi connectivity index (χ2n) is 2.80. The smallest absolute Gasteiger partial charge is 0.124 e. The van der Waals surface area contributed by atoms with Gasteiger partial charge in [0.15, 0.2) is 0 Å². The Hall–Kier alpha value is -0.160. The van der Waals surface area contributed by atoms with Crippen molar-refractivity contribution < 1.29 is 10.0 Å². The Kier molecular flexibility index (Phi) is 2.25. The third-order valence-electron chi connectivity index (χ3n) is 2.14. The fraction of sp³-hybridized carbons (Fsp3) is 1.00. The van der Waals surface area contributed by atoms with Gasteiger partial charge in [-0.05, 0) is 20.9 Å². The molecule has 1 N–H and O–H groups in total. The van der Waals surface area contributed by atoms with E-state index >= 15 is 0 Å². The monoisotopic (exact) mass is 146 g/mol. The van der Waals surface area contributed by atoms with Crippen LogP contribution in [0.3, 0.4) is 0 Å². The zero-order valence-corrected chi connectivity index (χ0v) is 6.61. The zero-order chi connectivity index (χ0) is 7.72. The van der Waals surface area contributed by atoms with Crippen LogP contribution in [0.4, 0.5) is 0 Å². The van der Waals surface area contributed by atoms with Crippen molar-refractivity contribution in [3.05, 3.63) is 0 Å². The van der Waals surface area contributed by atoms with E-state index in [2.05, 4.69) is 6.92 Å². The van der Waals surface area contributed by atoms with Crippen LogP contribution in [-0.4, -0.2) is 41.2 Å². The predicted molar refractivity (Wildman–Crippen MR) is 36.3 cm³/mol. The summed E-state index contributed by atoms with van der Waals surface area (Å²) >= 11 is 0. The molecule has 0 aromatic heterocycles. The fourth-order valence-corrected chi connectivity index (χ4v) is 0.938. The number of rotatable bonds is 0. The van der Waals surface area contributed by atoms with E-state index in [4.69, 9.17) is 10.0 Å². The molecule has 60 valence electrons. The Morgan fingerprint density at radius 2 is 2.00 bits per heavy atom. The van der Waals surface area contributed by atoms with Crippen LogP contribution in [0.2, 0.25) is 0 Å². The minimum Gasteiger partial charge on any atom is -0.289 e. The van der Waals surface area contributed by atoms with Gasteiger partial charge >= 0.3 is 0 Å². The highest BCUT2D eigenvalue weighted by Crippen LogP contribution is 2.13. The molecule has 0 radical (unpaired) electrons. The van der Waals surface area contributed by atoms with Gasteiger partial charge in [0.2, 0.25) is 0 Å². The Labute approximate surface area is 60.9 Å². The molecule has 0 saturated carbocycles. The summed E-state index contributed by atoms with van der Waals surface area (Å²) in [5, 5.41) is 9.97. The molecule has 2 unspecified atom stereocenters. The third kappa shape index (κ3) is 1.29. The number of nitrogens with zero attached hydrogens (tertiary/aromatic N) is 2. The van der Waals surface area contributed by atoms with Crippen LogP contribution in [0.5, 0.6) is 0 Å². The van der Waals surface area contributed by atoms with Crippen molar-refractivity contribution in [3.63, 3.8) is 0 Å². The third-order valence-corrected chi connectivity index (χ3v) is 2.14. The van der Waals surface area contributed by atoms with E-state index in [1.165, 1.54) is 0 Å². The van der Waals surface area contributed by atoms with E-state index in [1.54, 1.807) is 0 Å². The molecule has 0 amide bonds. The van der Waals surface area contributed by atoms with Crippen molar-refractivity contribution in [1.82, 2.24) is 10.1 Å². The molecule has 10 heavy (non-hydrogen) atoms. The number of likely N-dealkylation sites (N-methyl/N-ethyl adjacent to an activating group) is 1. The van der Waals surface area contributed by atoms with Gasteiger partial charge in [0.25, 0.3) is 0 Å². The van der Waals surface area contributed by atoms with Crippen molar-refractivity contribution in [1.29, 1.82) is 0 Å². The molecular formula is C6H14N2O2. The van der Waals surface area contributed by atoms with Gasteiger partial charge in [-0.3, -0.25) is 14.9 Å². The van der Waals surface area contributed by atoms with Gasteiger partial charge in [-0.2, -0.15) is 0 Å². The van der Waals surface area contributed by atoms with E-state index < -0.39 is 0 Å². The molecule has 0 aromatic carbocycles. The van der Waals surface area contributed by atoms with Gasteiger partial charge in [-0.25, -0.2) is 0 Å². The topological polar surface area (TPSA) is 35.9 Å². The van der Waals surface area contributed by atoms with Gasteiger partial charge in [-0.15, -0.1) is 0 Å². The lowest BCUT2D eigenvalue weighted by Gasteiger charge is -2.38. The molecule has 0 bridgehead atoms. The lowest BCUT2D eigenvalue weighted by molar-refractivity contribution is -0.400. The van der Waals surface area contributed by atoms with Crippen LogP contribution >= 0.6 is 0 Å². The molecule has 1 aliphatic rings. The molecule has 0 spiro atoms. The number of hydrogen-bond donors (Lipinski definition) is 1. The van der Waals surface area contributed by atoms with E-state index in [9.17, 15) is 0 Å². The predicted octanol–water partition coefficient (Wildman–Crippen LogP) is 0.289. The van der Waals surface area contributed by atoms with Crippen molar-refractivity contribution in [2.75, 3.05) is 13.8 Å². The maximum atomic E-state index is 9.05. The van der Waals surface area contributed by atoms with Gasteiger partial charge in [0, 0.05) is 6.04 Å². The van der Waals surface area contributed by atoms with Crippen LogP contribution < -0.4 is 0 Å². The molecular weight excluding hydrogens is 132 g/mol. The van der Waals surface area contributed by atoms with Crippen LogP contribution in [-0.2, 0) is 4.84 Å². The van der Waals surface area contributed by atoms with Gasteiger partial charge in [0.05, 0.1) is 6.04 Å². The molecule has 0 aliphatic carbocycles. The Bertz CT molecular complexity index is 106. The zero-order valence-electron chi connectivity index (χ0n) is 6.61. The number of hydrogen-bond acceptors (Lipinski definition) is 4. The Morgan fingerprint density at radius 3 is 2.50 bits per heavy atom. The molecule has 4 heteroatoms. The molecule has 4 nitrogen and oxygen atoms in total. The summed E-state index contributed by atoms with van der Waals surface area (Å²) in [6.45, 7) is 4.43. The molecule has 1 saturated heterocycles. The van der Waals surface area contributed by atoms with E-state index in [0.717, 1.165) is 5.23 Å². The quantitative estimate of drug-likeness (QED) is 0.533. The summed E-state index contributed by atoms with van der Waals surface area (Å²) in [5.41, 5.74) is 0. The average Bonchev–Trinajstić information content (AvgIpc) is 1.93. The molecule has 1 fully saturated rings. The average molecular weight is 146 g/mol. The Balaban J connectivity index is 2.52. The fourth-order valence-electron chi connectivity index (χ4n) is 0.938. The molecule has 2 atom stereocenters. The summed E-state index contributed by atoms with van der Waals surface area (Å²) in [6.07, 6.45) is 0. The summed E-state index contributed by atoms with van der Waals surface area (Å²) in [6, 6.07) is 0.373. The first kappa shape index (κ1) is 7.94. The van der Waals surface area contributed by atoms with E-state index in [0.29, 0.717) is 12.8 Å². The Morgan fingerprint density at radius 1 is 1.40 bits per heavy atom. The molecule has 1 rings (SSSR count). The second kappa shape index (κ2) is 2.84. The summed E-state index contributed by atoms with van der Waals surface area (Å²) in [4.78, 5) is 6.93. The highest BCUT2D eigenvalue weighted by atomic mass is 16.9. The van der Waals surface area contributed by atoms with Gasteiger partial charge < -0.3 is 0 Å². The lowest BCUT2D eigenvalue weighted by Crippen LogP contribution is -2.53. The first-order valence-corrected chi connectivity index (χ1v) is 3.44. The SMILES string of the molecule is CC1C(C)N(O)OCN1C. The summed E-state index contributed by atoms with van der Waals surface area (Å²) < 4.78 is 0. The molecule has 1 aliphatic heterocycles. The van der Waals surface area contributed by atoms with E-state index in [-0.39, 0.29) is 6.04 Å². The van der Waals surface area contributed by atoms with Gasteiger partial charge in [-0.1, -0.05) is 5.23 Å². The van der Waals surface area contributed by atoms with Crippen LogP contribution in [0.25, 0.3) is 0 Å². The van der Waals surface area contributed by atoms with Crippen molar-refractivity contribution >= 4 is 0 Å². The highest BCUT2D eigenvalue weighted by Gasteiger charge is 2.28. The second-order valence-corrected chi connectivity index (χ2v) is 2.80. The summed E-state index contributed by atoms with van der Waals surface area (Å²) in [5.74, 6) is 0. The molecule has 0 aromatic rings. The minimum atomic E-state index is 0.0405. The van der Waals surface area contributed by atoms with Crippen molar-refractivity contribution in [2.24, 2.45) is 0 Å². The number of hydroxylamine groups is 2. The lowest BCUT2D eigenvalue weighted by atomic mass is 10.1. The maximum absolute atomic E-state index is 9.05. The van der Waals surface area contributed by atoms with Crippen LogP contribution in [0.1, 0.15) is 13.8 Å². The maximum Gasteiger partial charge on any atom is 0.124 e. The largest absolute Gasteiger partial charge is 0.289 e. The standard InChI is InChI=1S/C6H14N2O2/c1-5-6(2)8(9)10-4-7(5)3/h5-6,9H,4H2,1-3H3. The molecule has 1 heterocycles. The van der Waals surface area contributed by atoms with Crippen molar-refractivity contribution in [2.45, 2.75) is 25.9 Å². The highest BCUT2D eigenvalue weighted by molar-refractivity contribution is 4.73. The van der Waals surface area contributed by atoms with Crippen LogP contribution in [0.15, 0.2) is 0 Å².